The fraction of sp³-hybridized carbons (Fsp3) is 0.933. The van der Waals surface area contributed by atoms with Crippen molar-refractivity contribution in [1.29, 1.82) is 0 Å². The molecule has 0 saturated carbocycles. The molecule has 4 nitrogen and oxygen atoms in total. The predicted molar refractivity (Wildman–Crippen MR) is 79.9 cm³/mol. The maximum Gasteiger partial charge on any atom is 0.389 e. The van der Waals surface area contributed by atoms with Gasteiger partial charge in [-0.05, 0) is 32.6 Å². The summed E-state index contributed by atoms with van der Waals surface area (Å²) in [5, 5.41) is 3.25. The van der Waals surface area contributed by atoms with Crippen molar-refractivity contribution in [2.75, 3.05) is 39.4 Å². The maximum atomic E-state index is 12.1. The topological polar surface area (TPSA) is 36.9 Å². The van der Waals surface area contributed by atoms with Crippen molar-refractivity contribution < 1.29 is 17.9 Å². The number of guanidine groups is 1. The summed E-state index contributed by atoms with van der Waals surface area (Å²) >= 11 is 0. The SMILES string of the molecule is CCNC(=NCCCCC(F)(F)F)N1CCC2(CCOC2)C1. The van der Waals surface area contributed by atoms with Gasteiger partial charge in [0.05, 0.1) is 6.61 Å². The molecule has 0 amide bonds. The van der Waals surface area contributed by atoms with Crippen LogP contribution < -0.4 is 5.32 Å². The Labute approximate surface area is 130 Å². The van der Waals surface area contributed by atoms with E-state index in [4.69, 9.17) is 4.74 Å². The standard InChI is InChI=1S/C15H26F3N3O/c1-2-19-13(20-8-4-3-5-15(16,17)18)21-9-6-14(11-21)7-10-22-12-14/h2-12H2,1H3,(H,19,20). The van der Waals surface area contributed by atoms with Crippen LogP contribution in [-0.4, -0.2) is 56.4 Å². The molecular formula is C15H26F3N3O. The number of nitrogens with zero attached hydrogens (tertiary/aromatic N) is 2. The molecule has 128 valence electrons. The van der Waals surface area contributed by atoms with Crippen molar-refractivity contribution >= 4 is 5.96 Å². The summed E-state index contributed by atoms with van der Waals surface area (Å²) in [6.07, 6.45) is -1.97. The zero-order chi connectivity index (χ0) is 16.1. The van der Waals surface area contributed by atoms with Crippen molar-refractivity contribution in [3.05, 3.63) is 0 Å². The van der Waals surface area contributed by atoms with Gasteiger partial charge in [0.25, 0.3) is 0 Å². The van der Waals surface area contributed by atoms with Gasteiger partial charge in [-0.2, -0.15) is 13.2 Å². The van der Waals surface area contributed by atoms with Gasteiger partial charge in [0, 0.05) is 44.6 Å². The Hall–Kier alpha value is -0.980. The van der Waals surface area contributed by atoms with Gasteiger partial charge in [0.1, 0.15) is 0 Å². The number of alkyl halides is 3. The molecule has 2 rings (SSSR count). The van der Waals surface area contributed by atoms with E-state index in [9.17, 15) is 13.2 Å². The number of ether oxygens (including phenoxy) is 1. The second-order valence-electron chi connectivity index (χ2n) is 6.28. The first-order chi connectivity index (χ1) is 10.4. The molecule has 2 fully saturated rings. The maximum absolute atomic E-state index is 12.1. The summed E-state index contributed by atoms with van der Waals surface area (Å²) in [7, 11) is 0. The summed E-state index contributed by atoms with van der Waals surface area (Å²) < 4.78 is 41.8. The monoisotopic (exact) mass is 321 g/mol. The molecule has 2 aliphatic heterocycles. The van der Waals surface area contributed by atoms with Crippen LogP contribution in [0.1, 0.15) is 39.0 Å². The Morgan fingerprint density at radius 1 is 1.32 bits per heavy atom. The van der Waals surface area contributed by atoms with Crippen molar-refractivity contribution in [3.63, 3.8) is 0 Å². The molecule has 0 radical (unpaired) electrons. The molecular weight excluding hydrogens is 295 g/mol. The highest BCUT2D eigenvalue weighted by atomic mass is 19.4. The zero-order valence-corrected chi connectivity index (χ0v) is 13.2. The minimum Gasteiger partial charge on any atom is -0.381 e. The largest absolute Gasteiger partial charge is 0.389 e. The Kier molecular flexibility index (Phi) is 5.94. The summed E-state index contributed by atoms with van der Waals surface area (Å²) in [5.41, 5.74) is 0.256. The number of unbranched alkanes of at least 4 members (excludes halogenated alkanes) is 1. The smallest absolute Gasteiger partial charge is 0.381 e. The van der Waals surface area contributed by atoms with E-state index in [0.717, 1.165) is 51.6 Å². The van der Waals surface area contributed by atoms with E-state index in [2.05, 4.69) is 15.2 Å². The third-order valence-electron chi connectivity index (χ3n) is 4.39. The van der Waals surface area contributed by atoms with Crippen molar-refractivity contribution in [1.82, 2.24) is 10.2 Å². The van der Waals surface area contributed by atoms with E-state index in [1.165, 1.54) is 0 Å². The number of nitrogens with one attached hydrogen (secondary N) is 1. The molecule has 22 heavy (non-hydrogen) atoms. The predicted octanol–water partition coefficient (Wildman–Crippen LogP) is 2.80. The third-order valence-corrected chi connectivity index (χ3v) is 4.39. The first-order valence-corrected chi connectivity index (χ1v) is 8.12. The minimum atomic E-state index is -4.06. The molecule has 2 saturated heterocycles. The number of halogens is 3. The number of likely N-dealkylation sites (tertiary alicyclic amines) is 1. The number of aliphatic imine (C=N–C) groups is 1. The molecule has 1 spiro atoms. The van der Waals surface area contributed by atoms with Crippen molar-refractivity contribution in [2.24, 2.45) is 10.4 Å². The third kappa shape index (κ3) is 5.04. The lowest BCUT2D eigenvalue weighted by atomic mass is 9.87. The van der Waals surface area contributed by atoms with Gasteiger partial charge >= 0.3 is 6.18 Å². The average molecular weight is 321 g/mol. The van der Waals surface area contributed by atoms with Crippen LogP contribution in [0.3, 0.4) is 0 Å². The molecule has 2 heterocycles. The van der Waals surface area contributed by atoms with Crippen LogP contribution in [0.15, 0.2) is 4.99 Å². The van der Waals surface area contributed by atoms with Crippen LogP contribution in [0.25, 0.3) is 0 Å². The average Bonchev–Trinajstić information content (AvgIpc) is 3.07. The molecule has 0 aromatic carbocycles. The van der Waals surface area contributed by atoms with E-state index in [-0.39, 0.29) is 11.8 Å². The van der Waals surface area contributed by atoms with Gasteiger partial charge in [-0.15, -0.1) is 0 Å². The normalized spacial score (nSPS) is 26.2. The molecule has 0 aromatic heterocycles. The van der Waals surface area contributed by atoms with Crippen LogP contribution in [0.4, 0.5) is 13.2 Å². The van der Waals surface area contributed by atoms with Crippen molar-refractivity contribution in [3.8, 4) is 0 Å². The first-order valence-electron chi connectivity index (χ1n) is 8.12. The van der Waals surface area contributed by atoms with Gasteiger partial charge in [-0.25, -0.2) is 0 Å². The lowest BCUT2D eigenvalue weighted by Crippen LogP contribution is -2.41. The van der Waals surface area contributed by atoms with Gasteiger partial charge in [0.2, 0.25) is 0 Å². The summed E-state index contributed by atoms with van der Waals surface area (Å²) in [6, 6.07) is 0. The molecule has 0 aliphatic carbocycles. The van der Waals surface area contributed by atoms with Crippen LogP contribution in [0.2, 0.25) is 0 Å². The van der Waals surface area contributed by atoms with E-state index < -0.39 is 12.6 Å². The highest BCUT2D eigenvalue weighted by Gasteiger charge is 2.42. The van der Waals surface area contributed by atoms with Gasteiger partial charge in [-0.1, -0.05) is 0 Å². The molecule has 0 aromatic rings. The van der Waals surface area contributed by atoms with Crippen LogP contribution in [0.5, 0.6) is 0 Å². The lowest BCUT2D eigenvalue weighted by molar-refractivity contribution is -0.135. The highest BCUT2D eigenvalue weighted by molar-refractivity contribution is 5.80. The zero-order valence-electron chi connectivity index (χ0n) is 13.2. The Morgan fingerprint density at radius 2 is 2.14 bits per heavy atom. The summed E-state index contributed by atoms with van der Waals surface area (Å²) in [4.78, 5) is 6.72. The molecule has 7 heteroatoms. The lowest BCUT2D eigenvalue weighted by Gasteiger charge is -2.25. The number of hydrogen-bond acceptors (Lipinski definition) is 2. The number of hydrogen-bond donors (Lipinski definition) is 1. The Bertz CT molecular complexity index is 379. The van der Waals surface area contributed by atoms with Crippen molar-refractivity contribution in [2.45, 2.75) is 45.2 Å². The summed E-state index contributed by atoms with van der Waals surface area (Å²) in [6.45, 7) is 6.73. The minimum absolute atomic E-state index is 0.143. The molecule has 1 N–H and O–H groups in total. The quantitative estimate of drug-likeness (QED) is 0.481. The van der Waals surface area contributed by atoms with Crippen LogP contribution in [-0.2, 0) is 4.74 Å². The number of rotatable bonds is 5. The second kappa shape index (κ2) is 7.53. The fourth-order valence-corrected chi connectivity index (χ4v) is 3.14. The van der Waals surface area contributed by atoms with Gasteiger partial charge in [-0.3, -0.25) is 4.99 Å². The van der Waals surface area contributed by atoms with E-state index in [1.54, 1.807) is 0 Å². The molecule has 2 aliphatic rings. The Balaban J connectivity index is 1.80. The second-order valence-corrected chi connectivity index (χ2v) is 6.28. The molecule has 1 atom stereocenters. The van der Waals surface area contributed by atoms with E-state index in [0.29, 0.717) is 13.0 Å². The summed E-state index contributed by atoms with van der Waals surface area (Å²) in [5.74, 6) is 0.832. The first kappa shape index (κ1) is 17.4. The van der Waals surface area contributed by atoms with E-state index >= 15 is 0 Å². The Morgan fingerprint density at radius 3 is 2.77 bits per heavy atom. The van der Waals surface area contributed by atoms with E-state index in [1.807, 2.05) is 6.92 Å². The van der Waals surface area contributed by atoms with Crippen LogP contribution >= 0.6 is 0 Å². The van der Waals surface area contributed by atoms with Gasteiger partial charge in [0.15, 0.2) is 5.96 Å². The van der Waals surface area contributed by atoms with Crippen LogP contribution in [0, 0.1) is 5.41 Å². The molecule has 0 bridgehead atoms. The fourth-order valence-electron chi connectivity index (χ4n) is 3.14. The highest BCUT2D eigenvalue weighted by Crippen LogP contribution is 2.38. The molecule has 1 unspecified atom stereocenters. The van der Waals surface area contributed by atoms with Gasteiger partial charge < -0.3 is 15.0 Å².